The molecule has 0 aliphatic carbocycles. The first-order valence-corrected chi connectivity index (χ1v) is 6.85. The smallest absolute Gasteiger partial charge is 0.226 e. The summed E-state index contributed by atoms with van der Waals surface area (Å²) < 4.78 is 0. The Hall–Kier alpha value is -1.20. The van der Waals surface area contributed by atoms with E-state index < -0.39 is 0 Å². The fourth-order valence-electron chi connectivity index (χ4n) is 2.26. The highest BCUT2D eigenvalue weighted by molar-refractivity contribution is 7.16. The monoisotopic (exact) mass is 248 g/mol. The van der Waals surface area contributed by atoms with Crippen LogP contribution >= 0.6 is 11.3 Å². The summed E-state index contributed by atoms with van der Waals surface area (Å²) in [4.78, 5) is 12.2. The molecular formula is C12H16N4S. The van der Waals surface area contributed by atoms with Gasteiger partial charge in [0.1, 0.15) is 4.83 Å². The highest BCUT2D eigenvalue weighted by atomic mass is 32.1. The van der Waals surface area contributed by atoms with Crippen molar-refractivity contribution >= 4 is 27.5 Å². The Labute approximate surface area is 105 Å². The lowest BCUT2D eigenvalue weighted by molar-refractivity contribution is 0.595. The van der Waals surface area contributed by atoms with Gasteiger partial charge in [-0.15, -0.1) is 11.3 Å². The largest absolute Gasteiger partial charge is 0.342 e. The second-order valence-electron chi connectivity index (χ2n) is 4.52. The van der Waals surface area contributed by atoms with E-state index in [0.29, 0.717) is 6.04 Å². The molecule has 0 spiro atoms. The van der Waals surface area contributed by atoms with Gasteiger partial charge in [0.05, 0.1) is 0 Å². The van der Waals surface area contributed by atoms with E-state index in [1.165, 1.54) is 12.8 Å². The summed E-state index contributed by atoms with van der Waals surface area (Å²) in [6, 6.07) is 2.64. The number of aromatic nitrogens is 2. The quantitative estimate of drug-likeness (QED) is 0.900. The van der Waals surface area contributed by atoms with E-state index in [-0.39, 0.29) is 0 Å². The van der Waals surface area contributed by atoms with Crippen LogP contribution in [-0.4, -0.2) is 36.1 Å². The molecule has 1 N–H and O–H groups in total. The number of hydrogen-bond acceptors (Lipinski definition) is 5. The molecule has 5 heteroatoms. The van der Waals surface area contributed by atoms with Gasteiger partial charge < -0.3 is 10.2 Å². The number of rotatable bonds is 3. The van der Waals surface area contributed by atoms with Crippen molar-refractivity contribution in [3.63, 3.8) is 0 Å². The van der Waals surface area contributed by atoms with Crippen LogP contribution in [0.15, 0.2) is 17.6 Å². The average molecular weight is 248 g/mol. The summed E-state index contributed by atoms with van der Waals surface area (Å²) in [5, 5.41) is 6.68. The first kappa shape index (κ1) is 10.9. The first-order chi connectivity index (χ1) is 8.33. The summed E-state index contributed by atoms with van der Waals surface area (Å²) in [6.45, 7) is 2.13. The molecule has 0 bridgehead atoms. The van der Waals surface area contributed by atoms with E-state index in [1.54, 1.807) is 11.3 Å². The van der Waals surface area contributed by atoms with Crippen LogP contribution in [0.2, 0.25) is 0 Å². The average Bonchev–Trinajstić information content (AvgIpc) is 2.97. The third-order valence-corrected chi connectivity index (χ3v) is 4.02. The second-order valence-corrected chi connectivity index (χ2v) is 5.42. The molecule has 0 amide bonds. The number of nitrogens with zero attached hydrogens (tertiary/aromatic N) is 3. The van der Waals surface area contributed by atoms with Crippen LogP contribution in [-0.2, 0) is 0 Å². The molecule has 1 atom stereocenters. The molecule has 1 saturated heterocycles. The number of hydrogen-bond donors (Lipinski definition) is 1. The molecule has 0 saturated carbocycles. The van der Waals surface area contributed by atoms with E-state index in [9.17, 15) is 0 Å². The van der Waals surface area contributed by atoms with E-state index in [2.05, 4.69) is 38.7 Å². The Balaban J connectivity index is 1.77. The van der Waals surface area contributed by atoms with Gasteiger partial charge in [0.2, 0.25) is 5.95 Å². The highest BCUT2D eigenvalue weighted by Gasteiger charge is 2.17. The van der Waals surface area contributed by atoms with Gasteiger partial charge in [-0.1, -0.05) is 0 Å². The van der Waals surface area contributed by atoms with Gasteiger partial charge in [0.25, 0.3) is 0 Å². The molecule has 1 unspecified atom stereocenters. The van der Waals surface area contributed by atoms with Crippen LogP contribution in [0.4, 0.5) is 5.95 Å². The molecule has 0 aromatic carbocycles. The lowest BCUT2D eigenvalue weighted by Gasteiger charge is -2.21. The topological polar surface area (TPSA) is 41.0 Å². The molecule has 4 nitrogen and oxygen atoms in total. The minimum absolute atomic E-state index is 0.586. The molecule has 1 aliphatic heterocycles. The van der Waals surface area contributed by atoms with Crippen molar-refractivity contribution < 1.29 is 0 Å². The summed E-state index contributed by atoms with van der Waals surface area (Å²) in [5.41, 5.74) is 0. The van der Waals surface area contributed by atoms with Crippen molar-refractivity contribution in [1.29, 1.82) is 0 Å². The molecule has 90 valence electrons. The molecule has 2 aromatic rings. The number of anilines is 1. The number of fused-ring (bicyclic) bond motifs is 1. The van der Waals surface area contributed by atoms with Crippen LogP contribution in [0.3, 0.4) is 0 Å². The third kappa shape index (κ3) is 2.25. The van der Waals surface area contributed by atoms with E-state index in [1.807, 2.05) is 6.20 Å². The van der Waals surface area contributed by atoms with Gasteiger partial charge in [0.15, 0.2) is 0 Å². The maximum atomic E-state index is 4.58. The SMILES string of the molecule is CN(CC1CCCN1)c1ncc2ccsc2n1. The highest BCUT2D eigenvalue weighted by Crippen LogP contribution is 2.20. The summed E-state index contributed by atoms with van der Waals surface area (Å²) in [7, 11) is 2.06. The lowest BCUT2D eigenvalue weighted by atomic mass is 10.2. The second kappa shape index (κ2) is 4.58. The molecule has 1 aliphatic rings. The Morgan fingerprint density at radius 1 is 1.59 bits per heavy atom. The van der Waals surface area contributed by atoms with Gasteiger partial charge in [-0.25, -0.2) is 9.97 Å². The molecular weight excluding hydrogens is 232 g/mol. The van der Waals surface area contributed by atoms with Crippen molar-refractivity contribution in [2.24, 2.45) is 0 Å². The van der Waals surface area contributed by atoms with Crippen LogP contribution in [0.1, 0.15) is 12.8 Å². The predicted octanol–water partition coefficient (Wildman–Crippen LogP) is 1.88. The van der Waals surface area contributed by atoms with Crippen LogP contribution in [0, 0.1) is 0 Å². The Bertz CT molecular complexity index is 504. The number of likely N-dealkylation sites (N-methyl/N-ethyl adjacent to an activating group) is 1. The van der Waals surface area contributed by atoms with Gasteiger partial charge in [-0.3, -0.25) is 0 Å². The third-order valence-electron chi connectivity index (χ3n) is 3.19. The number of thiophene rings is 1. The fraction of sp³-hybridized carbons (Fsp3) is 0.500. The van der Waals surface area contributed by atoms with Crippen molar-refractivity contribution in [2.45, 2.75) is 18.9 Å². The van der Waals surface area contributed by atoms with Gasteiger partial charge >= 0.3 is 0 Å². The summed E-state index contributed by atoms with van der Waals surface area (Å²) >= 11 is 1.67. The maximum absolute atomic E-state index is 4.58. The van der Waals surface area contributed by atoms with Crippen molar-refractivity contribution in [1.82, 2.24) is 15.3 Å². The summed E-state index contributed by atoms with van der Waals surface area (Å²) in [5.74, 6) is 0.827. The minimum atomic E-state index is 0.586. The molecule has 3 rings (SSSR count). The number of nitrogens with one attached hydrogen (secondary N) is 1. The normalized spacial score (nSPS) is 19.9. The Morgan fingerprint density at radius 3 is 3.35 bits per heavy atom. The van der Waals surface area contributed by atoms with Gasteiger partial charge in [-0.2, -0.15) is 0 Å². The predicted molar refractivity (Wildman–Crippen MR) is 71.7 cm³/mol. The molecule has 1 fully saturated rings. The van der Waals surface area contributed by atoms with E-state index in [0.717, 1.165) is 29.3 Å². The van der Waals surface area contributed by atoms with Gasteiger partial charge in [0, 0.05) is 31.2 Å². The maximum Gasteiger partial charge on any atom is 0.226 e. The molecule has 0 radical (unpaired) electrons. The van der Waals surface area contributed by atoms with Crippen molar-refractivity contribution in [3.05, 3.63) is 17.6 Å². The Kier molecular flexibility index (Phi) is 2.94. The molecule has 2 aromatic heterocycles. The van der Waals surface area contributed by atoms with Crippen molar-refractivity contribution in [3.8, 4) is 0 Å². The minimum Gasteiger partial charge on any atom is -0.342 e. The Morgan fingerprint density at radius 2 is 2.53 bits per heavy atom. The zero-order chi connectivity index (χ0) is 11.7. The van der Waals surface area contributed by atoms with Crippen molar-refractivity contribution in [2.75, 3.05) is 25.0 Å². The zero-order valence-electron chi connectivity index (χ0n) is 9.89. The van der Waals surface area contributed by atoms with E-state index >= 15 is 0 Å². The van der Waals surface area contributed by atoms with Crippen LogP contribution in [0.5, 0.6) is 0 Å². The lowest BCUT2D eigenvalue weighted by Crippen LogP contribution is -2.36. The van der Waals surface area contributed by atoms with E-state index in [4.69, 9.17) is 0 Å². The fourth-order valence-corrected chi connectivity index (χ4v) is 2.99. The molecule has 17 heavy (non-hydrogen) atoms. The van der Waals surface area contributed by atoms with Crippen LogP contribution in [0.25, 0.3) is 10.2 Å². The zero-order valence-corrected chi connectivity index (χ0v) is 10.7. The van der Waals surface area contributed by atoms with Gasteiger partial charge in [-0.05, 0) is 30.8 Å². The summed E-state index contributed by atoms with van der Waals surface area (Å²) in [6.07, 6.45) is 4.45. The standard InChI is InChI=1S/C12H16N4S/c1-16(8-10-3-2-5-13-10)12-14-7-9-4-6-17-11(9)15-12/h4,6-7,10,13H,2-3,5,8H2,1H3. The first-order valence-electron chi connectivity index (χ1n) is 5.98. The molecule has 3 heterocycles. The van der Waals surface area contributed by atoms with Crippen LogP contribution < -0.4 is 10.2 Å².